The summed E-state index contributed by atoms with van der Waals surface area (Å²) in [7, 11) is 0. The van der Waals surface area contributed by atoms with Crippen LogP contribution in [-0.2, 0) is 0 Å². The lowest BCUT2D eigenvalue weighted by molar-refractivity contribution is 0.473. The fourth-order valence-corrected chi connectivity index (χ4v) is 3.44. The Hall–Kier alpha value is -0.420. The van der Waals surface area contributed by atoms with Crippen LogP contribution in [0.15, 0.2) is 16.6 Å². The first-order valence-electron chi connectivity index (χ1n) is 6.14. The highest BCUT2D eigenvalue weighted by Gasteiger charge is 2.21. The van der Waals surface area contributed by atoms with E-state index in [1.165, 1.54) is 18.9 Å². The molecule has 0 heterocycles. The van der Waals surface area contributed by atoms with Crippen LogP contribution in [0, 0.1) is 5.82 Å². The van der Waals surface area contributed by atoms with E-state index in [1.54, 1.807) is 6.07 Å². The van der Waals surface area contributed by atoms with Crippen molar-refractivity contribution < 1.29 is 4.39 Å². The van der Waals surface area contributed by atoms with Gasteiger partial charge in [0, 0.05) is 17.4 Å². The molecule has 0 radical (unpaired) electrons. The molecular weight excluding hydrogens is 315 g/mol. The van der Waals surface area contributed by atoms with Gasteiger partial charge in [-0.1, -0.05) is 0 Å². The van der Waals surface area contributed by atoms with E-state index < -0.39 is 0 Å². The van der Waals surface area contributed by atoms with E-state index >= 15 is 0 Å². The lowest BCUT2D eigenvalue weighted by Crippen LogP contribution is -2.27. The summed E-state index contributed by atoms with van der Waals surface area (Å²) >= 11 is 5.14. The SMILES string of the molecule is CSC1CCC(Nc2cc(Br)c(F)cc2N)CC1. The molecule has 0 spiro atoms. The predicted molar refractivity (Wildman–Crippen MR) is 81.7 cm³/mol. The molecule has 1 aliphatic carbocycles. The molecule has 2 nitrogen and oxygen atoms in total. The lowest BCUT2D eigenvalue weighted by Gasteiger charge is -2.29. The molecule has 1 fully saturated rings. The van der Waals surface area contributed by atoms with Crippen LogP contribution in [-0.4, -0.2) is 17.5 Å². The van der Waals surface area contributed by atoms with E-state index in [4.69, 9.17) is 5.73 Å². The molecule has 0 unspecified atom stereocenters. The van der Waals surface area contributed by atoms with Crippen molar-refractivity contribution in [2.75, 3.05) is 17.3 Å². The van der Waals surface area contributed by atoms with E-state index in [2.05, 4.69) is 27.5 Å². The summed E-state index contributed by atoms with van der Waals surface area (Å²) in [5.41, 5.74) is 7.14. The Balaban J connectivity index is 2.00. The van der Waals surface area contributed by atoms with E-state index in [1.807, 2.05) is 11.8 Å². The highest BCUT2D eigenvalue weighted by molar-refractivity contribution is 9.10. The number of halogens is 2. The van der Waals surface area contributed by atoms with Gasteiger partial charge in [-0.15, -0.1) is 0 Å². The Labute approximate surface area is 120 Å². The zero-order valence-corrected chi connectivity index (χ0v) is 12.8. The fourth-order valence-electron chi connectivity index (χ4n) is 2.35. The summed E-state index contributed by atoms with van der Waals surface area (Å²) in [6.45, 7) is 0. The molecule has 5 heteroatoms. The van der Waals surface area contributed by atoms with Crippen LogP contribution < -0.4 is 11.1 Å². The number of anilines is 2. The number of hydrogen-bond acceptors (Lipinski definition) is 3. The number of hydrogen-bond donors (Lipinski definition) is 2. The van der Waals surface area contributed by atoms with Crippen LogP contribution >= 0.6 is 27.7 Å². The molecule has 3 N–H and O–H groups in total. The van der Waals surface area contributed by atoms with Gasteiger partial charge in [-0.3, -0.25) is 0 Å². The Morgan fingerprint density at radius 1 is 1.33 bits per heavy atom. The van der Waals surface area contributed by atoms with E-state index in [9.17, 15) is 4.39 Å². The number of thioether (sulfide) groups is 1. The Morgan fingerprint density at radius 3 is 2.61 bits per heavy atom. The van der Waals surface area contributed by atoms with Crippen LogP contribution in [0.2, 0.25) is 0 Å². The van der Waals surface area contributed by atoms with Gasteiger partial charge in [-0.05, 0) is 53.9 Å². The number of rotatable bonds is 3. The third-order valence-electron chi connectivity index (χ3n) is 3.46. The molecule has 100 valence electrons. The molecule has 0 bridgehead atoms. The summed E-state index contributed by atoms with van der Waals surface area (Å²) in [6, 6.07) is 3.54. The van der Waals surface area contributed by atoms with Crippen LogP contribution in [0.25, 0.3) is 0 Å². The third-order valence-corrected chi connectivity index (χ3v) is 5.21. The van der Waals surface area contributed by atoms with Gasteiger partial charge in [0.1, 0.15) is 5.82 Å². The Kier molecular flexibility index (Phi) is 4.78. The standard InChI is InChI=1S/C13H18BrFN2S/c1-18-9-4-2-8(3-5-9)17-13-6-10(14)11(15)7-12(13)16/h6-9,17H,2-5,16H2,1H3. The second-order valence-electron chi connectivity index (χ2n) is 4.71. The van der Waals surface area contributed by atoms with Crippen molar-refractivity contribution in [2.24, 2.45) is 0 Å². The first-order valence-corrected chi connectivity index (χ1v) is 8.22. The number of nitrogens with two attached hydrogens (primary N) is 1. The fraction of sp³-hybridized carbons (Fsp3) is 0.538. The second-order valence-corrected chi connectivity index (χ2v) is 6.70. The van der Waals surface area contributed by atoms with Crippen LogP contribution in [0.1, 0.15) is 25.7 Å². The molecule has 18 heavy (non-hydrogen) atoms. The predicted octanol–water partition coefficient (Wildman–Crippen LogP) is 4.26. The highest BCUT2D eigenvalue weighted by Crippen LogP contribution is 2.32. The smallest absolute Gasteiger partial charge is 0.139 e. The first kappa shape index (κ1) is 14.0. The summed E-state index contributed by atoms with van der Waals surface area (Å²) in [4.78, 5) is 0. The van der Waals surface area contributed by atoms with Crippen molar-refractivity contribution in [1.29, 1.82) is 0 Å². The van der Waals surface area contributed by atoms with Gasteiger partial charge in [0.25, 0.3) is 0 Å². The van der Waals surface area contributed by atoms with Crippen LogP contribution in [0.5, 0.6) is 0 Å². The molecule has 2 rings (SSSR count). The maximum Gasteiger partial charge on any atom is 0.139 e. The molecule has 1 saturated carbocycles. The topological polar surface area (TPSA) is 38.0 Å². The van der Waals surface area contributed by atoms with Crippen molar-refractivity contribution in [2.45, 2.75) is 37.0 Å². The minimum absolute atomic E-state index is 0.316. The normalized spacial score (nSPS) is 23.9. The van der Waals surface area contributed by atoms with Crippen molar-refractivity contribution in [1.82, 2.24) is 0 Å². The molecular formula is C13H18BrFN2S. The van der Waals surface area contributed by atoms with Gasteiger partial charge in [0.2, 0.25) is 0 Å². The average Bonchev–Trinajstić information content (AvgIpc) is 2.37. The van der Waals surface area contributed by atoms with Crippen molar-refractivity contribution >= 4 is 39.1 Å². The molecule has 0 atom stereocenters. The summed E-state index contributed by atoms with van der Waals surface area (Å²) in [5, 5.41) is 4.22. The number of nitrogens with one attached hydrogen (secondary N) is 1. The molecule has 1 aromatic rings. The van der Waals surface area contributed by atoms with Gasteiger partial charge in [-0.25, -0.2) is 4.39 Å². The van der Waals surface area contributed by atoms with Gasteiger partial charge < -0.3 is 11.1 Å². The van der Waals surface area contributed by atoms with Crippen molar-refractivity contribution in [3.05, 3.63) is 22.4 Å². The van der Waals surface area contributed by atoms with Crippen molar-refractivity contribution in [3.63, 3.8) is 0 Å². The lowest BCUT2D eigenvalue weighted by atomic mass is 9.94. The molecule has 1 aliphatic rings. The third kappa shape index (κ3) is 3.32. The van der Waals surface area contributed by atoms with E-state index in [-0.39, 0.29) is 5.82 Å². The van der Waals surface area contributed by atoms with Gasteiger partial charge in [-0.2, -0.15) is 11.8 Å². The van der Waals surface area contributed by atoms with Gasteiger partial charge in [0.15, 0.2) is 0 Å². The maximum absolute atomic E-state index is 13.3. The van der Waals surface area contributed by atoms with Crippen molar-refractivity contribution in [3.8, 4) is 0 Å². The summed E-state index contributed by atoms with van der Waals surface area (Å²) < 4.78 is 13.7. The minimum Gasteiger partial charge on any atom is -0.397 e. The second kappa shape index (κ2) is 6.15. The molecule has 0 aliphatic heterocycles. The highest BCUT2D eigenvalue weighted by atomic mass is 79.9. The average molecular weight is 333 g/mol. The Morgan fingerprint density at radius 2 is 2.00 bits per heavy atom. The Bertz CT molecular complexity index is 420. The molecule has 0 amide bonds. The molecule has 0 saturated heterocycles. The summed E-state index contributed by atoms with van der Waals surface area (Å²) in [6.07, 6.45) is 6.95. The van der Waals surface area contributed by atoms with Gasteiger partial charge in [0.05, 0.1) is 15.8 Å². The van der Waals surface area contributed by atoms with Crippen LogP contribution in [0.4, 0.5) is 15.8 Å². The summed E-state index contributed by atoms with van der Waals surface area (Å²) in [5.74, 6) is -0.316. The van der Waals surface area contributed by atoms with E-state index in [0.717, 1.165) is 23.8 Å². The quantitative estimate of drug-likeness (QED) is 0.812. The van der Waals surface area contributed by atoms with E-state index in [0.29, 0.717) is 16.2 Å². The largest absolute Gasteiger partial charge is 0.397 e. The zero-order valence-electron chi connectivity index (χ0n) is 10.4. The molecule has 0 aromatic heterocycles. The zero-order chi connectivity index (χ0) is 13.1. The molecule has 1 aromatic carbocycles. The maximum atomic E-state index is 13.3. The number of benzene rings is 1. The number of nitrogen functional groups attached to an aromatic ring is 1. The monoisotopic (exact) mass is 332 g/mol. The minimum atomic E-state index is -0.316. The first-order chi connectivity index (χ1) is 8.60. The van der Waals surface area contributed by atoms with Gasteiger partial charge >= 0.3 is 0 Å². The van der Waals surface area contributed by atoms with Crippen LogP contribution in [0.3, 0.4) is 0 Å².